The van der Waals surface area contributed by atoms with Crippen LogP contribution in [0.2, 0.25) is 10.0 Å². The second-order valence-corrected chi connectivity index (χ2v) is 6.88. The first-order valence-electron chi connectivity index (χ1n) is 8.66. The molecule has 0 radical (unpaired) electrons. The van der Waals surface area contributed by atoms with Crippen LogP contribution in [0.3, 0.4) is 0 Å². The number of imidazole rings is 1. The average Bonchev–Trinajstić information content (AvgIpc) is 3.09. The molecule has 0 saturated carbocycles. The standard InChI is InChI=1S/C19H18Cl2N6O2/c1-28-13-9-14(29-2)17(21)18(16(13)20)25-19-24-11-5-3-4-6-12(11)27(19)26-10-23-8-7-15(26)22/h3-9,22-23H,10H2,1-2H3,(H,24,25). The van der Waals surface area contributed by atoms with Gasteiger partial charge in [-0.2, -0.15) is 0 Å². The molecule has 1 aliphatic heterocycles. The lowest BCUT2D eigenvalue weighted by Gasteiger charge is -2.29. The Kier molecular flexibility index (Phi) is 5.12. The number of methoxy groups -OCH3 is 2. The van der Waals surface area contributed by atoms with E-state index in [2.05, 4.69) is 15.6 Å². The van der Waals surface area contributed by atoms with Gasteiger partial charge >= 0.3 is 0 Å². The number of hydrogen-bond acceptors (Lipinski definition) is 6. The fourth-order valence-electron chi connectivity index (χ4n) is 3.07. The van der Waals surface area contributed by atoms with Crippen LogP contribution in [0.4, 0.5) is 11.6 Å². The van der Waals surface area contributed by atoms with Crippen LogP contribution < -0.4 is 25.1 Å². The summed E-state index contributed by atoms with van der Waals surface area (Å²) in [6, 6.07) is 9.25. The number of hydrogen-bond donors (Lipinski definition) is 3. The summed E-state index contributed by atoms with van der Waals surface area (Å²) < 4.78 is 12.5. The quantitative estimate of drug-likeness (QED) is 0.562. The molecule has 29 heavy (non-hydrogen) atoms. The molecule has 0 spiro atoms. The minimum Gasteiger partial charge on any atom is -0.495 e. The molecule has 0 bridgehead atoms. The Morgan fingerprint density at radius 3 is 2.48 bits per heavy atom. The Morgan fingerprint density at radius 2 is 1.83 bits per heavy atom. The van der Waals surface area contributed by atoms with Crippen molar-refractivity contribution in [3.8, 4) is 11.5 Å². The van der Waals surface area contributed by atoms with E-state index in [4.69, 9.17) is 38.1 Å². The molecule has 2 aromatic carbocycles. The maximum Gasteiger partial charge on any atom is 0.228 e. The summed E-state index contributed by atoms with van der Waals surface area (Å²) in [7, 11) is 3.03. The van der Waals surface area contributed by atoms with E-state index in [0.717, 1.165) is 11.0 Å². The van der Waals surface area contributed by atoms with E-state index < -0.39 is 0 Å². The van der Waals surface area contributed by atoms with Gasteiger partial charge in [0.25, 0.3) is 0 Å². The Bertz CT molecular complexity index is 1100. The average molecular weight is 433 g/mol. The van der Waals surface area contributed by atoms with E-state index in [1.165, 1.54) is 14.2 Å². The van der Waals surface area contributed by atoms with Crippen molar-refractivity contribution in [2.45, 2.75) is 0 Å². The smallest absolute Gasteiger partial charge is 0.228 e. The zero-order chi connectivity index (χ0) is 20.5. The predicted molar refractivity (Wildman–Crippen MR) is 116 cm³/mol. The molecule has 3 N–H and O–H groups in total. The SMILES string of the molecule is COc1cc(OC)c(Cl)c(Nc2nc3ccccc3n2N2CNC=CC2=N)c1Cl. The van der Waals surface area contributed by atoms with Gasteiger partial charge in [-0.05, 0) is 18.2 Å². The third kappa shape index (κ3) is 3.30. The second kappa shape index (κ2) is 7.73. The summed E-state index contributed by atoms with van der Waals surface area (Å²) in [5.74, 6) is 1.56. The number of anilines is 2. The van der Waals surface area contributed by atoms with Crippen LogP contribution in [-0.2, 0) is 0 Å². The summed E-state index contributed by atoms with van der Waals surface area (Å²) in [6.07, 6.45) is 3.39. The maximum atomic E-state index is 8.32. The Morgan fingerprint density at radius 1 is 1.14 bits per heavy atom. The maximum absolute atomic E-state index is 8.32. The summed E-state index contributed by atoms with van der Waals surface area (Å²) in [4.78, 5) is 4.67. The zero-order valence-corrected chi connectivity index (χ0v) is 17.2. The van der Waals surface area contributed by atoms with Crippen LogP contribution in [0.1, 0.15) is 0 Å². The van der Waals surface area contributed by atoms with Gasteiger partial charge in [0.05, 0.1) is 30.9 Å². The fraction of sp³-hybridized carbons (Fsp3) is 0.158. The van der Waals surface area contributed by atoms with Gasteiger partial charge in [-0.3, -0.25) is 5.41 Å². The summed E-state index contributed by atoms with van der Waals surface area (Å²) in [5, 5.41) is 16.9. The van der Waals surface area contributed by atoms with E-state index in [-0.39, 0.29) is 0 Å². The summed E-state index contributed by atoms with van der Waals surface area (Å²) >= 11 is 13.0. The molecular formula is C19H18Cl2N6O2. The van der Waals surface area contributed by atoms with Crippen LogP contribution in [0.25, 0.3) is 11.0 Å². The number of rotatable bonds is 5. The number of para-hydroxylation sites is 2. The van der Waals surface area contributed by atoms with Crippen LogP contribution in [0.15, 0.2) is 42.6 Å². The van der Waals surface area contributed by atoms with Gasteiger partial charge in [0.15, 0.2) is 0 Å². The normalized spacial score (nSPS) is 13.5. The van der Waals surface area contributed by atoms with Crippen molar-refractivity contribution in [1.82, 2.24) is 15.0 Å². The molecule has 10 heteroatoms. The highest BCUT2D eigenvalue weighted by molar-refractivity contribution is 6.41. The molecular weight excluding hydrogens is 415 g/mol. The number of benzene rings is 2. The lowest BCUT2D eigenvalue weighted by Crippen LogP contribution is -2.47. The van der Waals surface area contributed by atoms with Gasteiger partial charge in [-0.25, -0.2) is 14.7 Å². The van der Waals surface area contributed by atoms with E-state index >= 15 is 0 Å². The molecule has 8 nitrogen and oxygen atoms in total. The monoisotopic (exact) mass is 432 g/mol. The van der Waals surface area contributed by atoms with Crippen LogP contribution in [0, 0.1) is 5.41 Å². The zero-order valence-electron chi connectivity index (χ0n) is 15.7. The lowest BCUT2D eigenvalue weighted by molar-refractivity contribution is 0.395. The fourth-order valence-corrected chi connectivity index (χ4v) is 3.67. The first kappa shape index (κ1) is 19.2. The number of aromatic nitrogens is 2. The molecule has 2 heterocycles. The van der Waals surface area contributed by atoms with E-state index in [0.29, 0.717) is 45.7 Å². The van der Waals surface area contributed by atoms with Crippen molar-refractivity contribution >= 4 is 51.7 Å². The minimum atomic E-state index is 0.295. The Hall–Kier alpha value is -3.10. The van der Waals surface area contributed by atoms with Gasteiger partial charge in [0.2, 0.25) is 5.95 Å². The van der Waals surface area contributed by atoms with Crippen LogP contribution in [0.5, 0.6) is 11.5 Å². The van der Waals surface area contributed by atoms with Crippen molar-refractivity contribution in [3.63, 3.8) is 0 Å². The largest absolute Gasteiger partial charge is 0.495 e. The Labute approximate surface area is 177 Å². The van der Waals surface area contributed by atoms with Crippen molar-refractivity contribution in [2.75, 3.05) is 31.2 Å². The molecule has 0 atom stereocenters. The van der Waals surface area contributed by atoms with E-state index in [9.17, 15) is 0 Å². The van der Waals surface area contributed by atoms with Gasteiger partial charge in [-0.1, -0.05) is 35.3 Å². The van der Waals surface area contributed by atoms with E-state index in [1.807, 2.05) is 24.3 Å². The second-order valence-electron chi connectivity index (χ2n) is 6.13. The van der Waals surface area contributed by atoms with Gasteiger partial charge < -0.3 is 20.1 Å². The van der Waals surface area contributed by atoms with Gasteiger partial charge in [0, 0.05) is 12.3 Å². The summed E-state index contributed by atoms with van der Waals surface area (Å²) in [5.41, 5.74) is 1.96. The Balaban J connectivity index is 1.89. The number of amidine groups is 1. The van der Waals surface area contributed by atoms with E-state index in [1.54, 1.807) is 28.0 Å². The topological polar surface area (TPSA) is 87.4 Å². The number of nitrogens with one attached hydrogen (secondary N) is 3. The number of ether oxygens (including phenoxy) is 2. The molecule has 0 amide bonds. The van der Waals surface area contributed by atoms with Crippen LogP contribution in [-0.4, -0.2) is 36.4 Å². The molecule has 1 aliphatic rings. The number of halogens is 2. The first-order chi connectivity index (χ1) is 14.0. The van der Waals surface area contributed by atoms with Crippen molar-refractivity contribution < 1.29 is 9.47 Å². The lowest BCUT2D eigenvalue weighted by atomic mass is 10.2. The number of fused-ring (bicyclic) bond motifs is 1. The van der Waals surface area contributed by atoms with Crippen molar-refractivity contribution in [3.05, 3.63) is 52.7 Å². The molecule has 3 aromatic rings. The van der Waals surface area contributed by atoms with Crippen molar-refractivity contribution in [1.29, 1.82) is 5.41 Å². The summed E-state index contributed by atoms with van der Waals surface area (Å²) in [6.45, 7) is 0.396. The molecule has 150 valence electrons. The number of nitrogens with zero attached hydrogens (tertiary/aromatic N) is 3. The van der Waals surface area contributed by atoms with Gasteiger partial charge in [-0.15, -0.1) is 0 Å². The first-order valence-corrected chi connectivity index (χ1v) is 9.41. The molecule has 1 aromatic heterocycles. The molecule has 0 aliphatic carbocycles. The minimum absolute atomic E-state index is 0.295. The highest BCUT2D eigenvalue weighted by atomic mass is 35.5. The van der Waals surface area contributed by atoms with Crippen molar-refractivity contribution in [2.24, 2.45) is 0 Å². The third-order valence-corrected chi connectivity index (χ3v) is 5.22. The molecule has 0 fully saturated rings. The van der Waals surface area contributed by atoms with Crippen LogP contribution >= 0.6 is 23.2 Å². The predicted octanol–water partition coefficient (Wildman–Crippen LogP) is 4.09. The molecule has 0 unspecified atom stereocenters. The van der Waals surface area contributed by atoms with Gasteiger partial charge in [0.1, 0.15) is 34.0 Å². The molecule has 4 rings (SSSR count). The third-order valence-electron chi connectivity index (χ3n) is 4.47. The highest BCUT2D eigenvalue weighted by Crippen LogP contribution is 2.45. The highest BCUT2D eigenvalue weighted by Gasteiger charge is 2.23. The molecule has 0 saturated heterocycles.